The summed E-state index contributed by atoms with van der Waals surface area (Å²) in [4.78, 5) is 12.4. The van der Waals surface area contributed by atoms with Gasteiger partial charge in [0.2, 0.25) is 11.7 Å². The lowest BCUT2D eigenvalue weighted by Gasteiger charge is -2.25. The van der Waals surface area contributed by atoms with Crippen LogP contribution in [0.5, 0.6) is 17.2 Å². The zero-order valence-electron chi connectivity index (χ0n) is 16.8. The van der Waals surface area contributed by atoms with Gasteiger partial charge >= 0.3 is 0 Å². The highest BCUT2D eigenvalue weighted by atomic mass is 19.1. The summed E-state index contributed by atoms with van der Waals surface area (Å²) in [5.41, 5.74) is 1.13. The molecule has 0 aromatic heterocycles. The fourth-order valence-electron chi connectivity index (χ4n) is 2.95. The summed E-state index contributed by atoms with van der Waals surface area (Å²) >= 11 is 0. The van der Waals surface area contributed by atoms with E-state index >= 15 is 0 Å². The van der Waals surface area contributed by atoms with E-state index in [-0.39, 0.29) is 11.7 Å². The number of amides is 1. The number of ether oxygens (including phenoxy) is 3. The third kappa shape index (κ3) is 5.49. The van der Waals surface area contributed by atoms with Crippen LogP contribution in [0, 0.1) is 5.82 Å². The van der Waals surface area contributed by atoms with Crippen molar-refractivity contribution in [2.24, 2.45) is 0 Å². The summed E-state index contributed by atoms with van der Waals surface area (Å²) in [6, 6.07) is 9.79. The van der Waals surface area contributed by atoms with Crippen molar-refractivity contribution in [2.45, 2.75) is 25.8 Å². The van der Waals surface area contributed by atoms with Crippen molar-refractivity contribution >= 4 is 12.0 Å². The summed E-state index contributed by atoms with van der Waals surface area (Å²) in [7, 11) is 4.60. The van der Waals surface area contributed by atoms with Crippen molar-refractivity contribution in [1.82, 2.24) is 5.32 Å². The molecule has 0 aliphatic heterocycles. The molecule has 0 saturated carbocycles. The first-order valence-corrected chi connectivity index (χ1v) is 8.83. The van der Waals surface area contributed by atoms with Crippen molar-refractivity contribution in [3.63, 3.8) is 0 Å². The molecule has 1 amide bonds. The van der Waals surface area contributed by atoms with E-state index in [1.54, 1.807) is 37.5 Å². The van der Waals surface area contributed by atoms with Gasteiger partial charge in [-0.1, -0.05) is 12.1 Å². The number of halogens is 1. The van der Waals surface area contributed by atoms with E-state index in [1.807, 2.05) is 13.8 Å². The average Bonchev–Trinajstić information content (AvgIpc) is 2.66. The molecule has 0 atom stereocenters. The summed E-state index contributed by atoms with van der Waals surface area (Å²) in [5.74, 6) is 0.961. The quantitative estimate of drug-likeness (QED) is 0.696. The Kier molecular flexibility index (Phi) is 7.04. The zero-order chi connectivity index (χ0) is 20.7. The molecule has 1 N–H and O–H groups in total. The first-order valence-electron chi connectivity index (χ1n) is 8.83. The molecule has 0 fully saturated rings. The fourth-order valence-corrected chi connectivity index (χ4v) is 2.95. The summed E-state index contributed by atoms with van der Waals surface area (Å²) in [6.45, 7) is 3.83. The van der Waals surface area contributed by atoms with Gasteiger partial charge in [0.25, 0.3) is 0 Å². The number of carbonyl (C=O) groups is 1. The lowest BCUT2D eigenvalue weighted by molar-refractivity contribution is -0.117. The van der Waals surface area contributed by atoms with Gasteiger partial charge in [-0.3, -0.25) is 4.79 Å². The number of benzene rings is 2. The van der Waals surface area contributed by atoms with Crippen LogP contribution in [0.3, 0.4) is 0 Å². The maximum absolute atomic E-state index is 13.0. The first-order chi connectivity index (χ1) is 13.3. The molecule has 0 saturated heterocycles. The highest BCUT2D eigenvalue weighted by Gasteiger charge is 2.20. The van der Waals surface area contributed by atoms with Gasteiger partial charge < -0.3 is 19.5 Å². The normalized spacial score (nSPS) is 11.4. The topological polar surface area (TPSA) is 56.8 Å². The van der Waals surface area contributed by atoms with Gasteiger partial charge in [0.1, 0.15) is 5.82 Å². The maximum Gasteiger partial charge on any atom is 0.244 e. The molecule has 0 bridgehead atoms. The molecule has 6 heteroatoms. The molecule has 0 aliphatic rings. The molecule has 0 aliphatic carbocycles. The minimum atomic E-state index is -0.499. The molecule has 150 valence electrons. The van der Waals surface area contributed by atoms with Crippen molar-refractivity contribution in [3.8, 4) is 17.2 Å². The van der Waals surface area contributed by atoms with Crippen LogP contribution in [0.15, 0.2) is 42.5 Å². The summed E-state index contributed by atoms with van der Waals surface area (Å²) in [5, 5.41) is 2.96. The minimum Gasteiger partial charge on any atom is -0.493 e. The van der Waals surface area contributed by atoms with Crippen LogP contribution in [0.1, 0.15) is 25.0 Å². The summed E-state index contributed by atoms with van der Waals surface area (Å²) in [6.07, 6.45) is 3.67. The number of methoxy groups -OCH3 is 3. The molecular weight excluding hydrogens is 361 g/mol. The summed E-state index contributed by atoms with van der Waals surface area (Å²) < 4.78 is 29.1. The first kappa shape index (κ1) is 21.3. The molecule has 28 heavy (non-hydrogen) atoms. The second-order valence-corrected chi connectivity index (χ2v) is 6.93. The Hall–Kier alpha value is -3.02. The third-order valence-corrected chi connectivity index (χ3v) is 4.17. The highest BCUT2D eigenvalue weighted by molar-refractivity contribution is 5.92. The Morgan fingerprint density at radius 3 is 2.21 bits per heavy atom. The molecule has 0 radical (unpaired) electrons. The second-order valence-electron chi connectivity index (χ2n) is 6.93. The van der Waals surface area contributed by atoms with Crippen LogP contribution < -0.4 is 19.5 Å². The smallest absolute Gasteiger partial charge is 0.244 e. The number of carbonyl (C=O) groups excluding carboxylic acids is 1. The third-order valence-electron chi connectivity index (χ3n) is 4.17. The van der Waals surface area contributed by atoms with Crippen molar-refractivity contribution < 1.29 is 23.4 Å². The van der Waals surface area contributed by atoms with Crippen LogP contribution in [0.4, 0.5) is 4.39 Å². The molecule has 0 unspecified atom stereocenters. The van der Waals surface area contributed by atoms with Crippen LogP contribution in [-0.2, 0) is 11.2 Å². The molecule has 2 aromatic carbocycles. The van der Waals surface area contributed by atoms with Gasteiger partial charge in [-0.05, 0) is 56.2 Å². The molecular formula is C22H26FNO4. The van der Waals surface area contributed by atoms with E-state index < -0.39 is 5.54 Å². The van der Waals surface area contributed by atoms with Gasteiger partial charge in [0, 0.05) is 17.2 Å². The van der Waals surface area contributed by atoms with Crippen LogP contribution >= 0.6 is 0 Å². The fraction of sp³-hybridized carbons (Fsp3) is 0.318. The van der Waals surface area contributed by atoms with Crippen molar-refractivity contribution in [2.75, 3.05) is 21.3 Å². The number of rotatable bonds is 8. The van der Waals surface area contributed by atoms with E-state index in [0.29, 0.717) is 29.2 Å². The standard InChI is InChI=1S/C22H26FNO4/c1-22(2,14-15-6-10-17(23)11-7-15)24-19(25)13-9-16-8-12-18(26-3)21(28-5)20(16)27-4/h6-13H,14H2,1-5H3,(H,24,25)/b13-9-. The predicted molar refractivity (Wildman–Crippen MR) is 107 cm³/mol. The molecule has 5 nitrogen and oxygen atoms in total. The predicted octanol–water partition coefficient (Wildman–Crippen LogP) is 4.00. The minimum absolute atomic E-state index is 0.246. The Bertz CT molecular complexity index is 844. The van der Waals surface area contributed by atoms with Crippen LogP contribution in [0.25, 0.3) is 6.08 Å². The molecule has 0 spiro atoms. The largest absolute Gasteiger partial charge is 0.493 e. The second kappa shape index (κ2) is 9.26. The SMILES string of the molecule is COc1ccc(/C=C\C(=O)NC(C)(C)Cc2ccc(F)cc2)c(OC)c1OC. The molecule has 2 aromatic rings. The Morgan fingerprint density at radius 2 is 1.64 bits per heavy atom. The number of hydrogen-bond acceptors (Lipinski definition) is 4. The maximum atomic E-state index is 13.0. The number of nitrogens with one attached hydrogen (secondary N) is 1. The van der Waals surface area contributed by atoms with E-state index in [4.69, 9.17) is 14.2 Å². The van der Waals surface area contributed by atoms with E-state index in [2.05, 4.69) is 5.32 Å². The molecule has 2 rings (SSSR count). The van der Waals surface area contributed by atoms with Gasteiger partial charge in [-0.25, -0.2) is 4.39 Å². The average molecular weight is 387 g/mol. The Balaban J connectivity index is 2.11. The van der Waals surface area contributed by atoms with Gasteiger partial charge in [-0.15, -0.1) is 0 Å². The van der Waals surface area contributed by atoms with Gasteiger partial charge in [-0.2, -0.15) is 0 Å². The lowest BCUT2D eigenvalue weighted by atomic mass is 9.95. The van der Waals surface area contributed by atoms with Crippen molar-refractivity contribution in [1.29, 1.82) is 0 Å². The van der Waals surface area contributed by atoms with Crippen LogP contribution in [0.2, 0.25) is 0 Å². The van der Waals surface area contributed by atoms with E-state index in [1.165, 1.54) is 32.4 Å². The van der Waals surface area contributed by atoms with Gasteiger partial charge in [0.15, 0.2) is 11.5 Å². The highest BCUT2D eigenvalue weighted by Crippen LogP contribution is 2.40. The van der Waals surface area contributed by atoms with E-state index in [0.717, 1.165) is 5.56 Å². The van der Waals surface area contributed by atoms with Crippen LogP contribution in [-0.4, -0.2) is 32.8 Å². The van der Waals surface area contributed by atoms with E-state index in [9.17, 15) is 9.18 Å². The number of hydrogen-bond donors (Lipinski definition) is 1. The zero-order valence-corrected chi connectivity index (χ0v) is 16.8. The molecule has 0 heterocycles. The van der Waals surface area contributed by atoms with Crippen molar-refractivity contribution in [3.05, 3.63) is 59.4 Å². The monoisotopic (exact) mass is 387 g/mol. The Morgan fingerprint density at radius 1 is 1.00 bits per heavy atom. The lowest BCUT2D eigenvalue weighted by Crippen LogP contribution is -2.44. The Labute approximate surface area is 165 Å². The van der Waals surface area contributed by atoms with Gasteiger partial charge in [0.05, 0.1) is 21.3 Å².